The molecule has 0 unspecified atom stereocenters. The third-order valence-corrected chi connectivity index (χ3v) is 8.17. The minimum atomic E-state index is -3.71. The Bertz CT molecular complexity index is 1170. The average Bonchev–Trinajstić information content (AvgIpc) is 3.29. The quantitative estimate of drug-likeness (QED) is 0.532. The molecular formula is C21H22ClN3O4S2. The van der Waals surface area contributed by atoms with Gasteiger partial charge in [-0.05, 0) is 30.3 Å². The number of aromatic nitrogens is 1. The van der Waals surface area contributed by atoms with Crippen molar-refractivity contribution in [2.45, 2.75) is 4.90 Å². The molecule has 7 nitrogen and oxygen atoms in total. The molecular weight excluding hydrogens is 458 g/mol. The molecule has 1 fully saturated rings. The average molecular weight is 480 g/mol. The van der Waals surface area contributed by atoms with Crippen LogP contribution in [0.4, 0.5) is 5.13 Å². The standard InChI is InChI=1S/C21H22ClN3O4S2/c1-28-17-5-3-4-15(12-17)18-14-30-21(23-18)24-8-10-25(11-9-24)31(26,27)20-13-16(22)6-7-19(20)29-2/h3-7,12-14H,8-11H2,1-2H3. The van der Waals surface area contributed by atoms with Gasteiger partial charge in [0.05, 0.1) is 19.9 Å². The molecule has 31 heavy (non-hydrogen) atoms. The van der Waals surface area contributed by atoms with Crippen LogP contribution in [0.25, 0.3) is 11.3 Å². The smallest absolute Gasteiger partial charge is 0.246 e. The molecule has 0 amide bonds. The number of thiazole rings is 1. The van der Waals surface area contributed by atoms with Crippen molar-refractivity contribution in [1.29, 1.82) is 0 Å². The lowest BCUT2D eigenvalue weighted by molar-refractivity contribution is 0.374. The maximum absolute atomic E-state index is 13.2. The molecule has 1 aromatic heterocycles. The van der Waals surface area contributed by atoms with Crippen LogP contribution < -0.4 is 14.4 Å². The van der Waals surface area contributed by atoms with E-state index in [4.69, 9.17) is 26.1 Å². The number of sulfonamides is 1. The summed E-state index contributed by atoms with van der Waals surface area (Å²) in [6, 6.07) is 12.4. The Hall–Kier alpha value is -2.33. The fourth-order valence-corrected chi connectivity index (χ4v) is 6.16. The molecule has 3 aromatic rings. The van der Waals surface area contributed by atoms with Gasteiger partial charge in [0.15, 0.2) is 5.13 Å². The van der Waals surface area contributed by atoms with Crippen molar-refractivity contribution in [2.75, 3.05) is 45.3 Å². The summed E-state index contributed by atoms with van der Waals surface area (Å²) in [5.74, 6) is 1.07. The molecule has 1 aliphatic heterocycles. The third-order valence-electron chi connectivity index (χ3n) is 5.11. The molecule has 1 saturated heterocycles. The summed E-state index contributed by atoms with van der Waals surface area (Å²) in [5, 5.41) is 3.23. The van der Waals surface area contributed by atoms with Crippen LogP contribution in [0.15, 0.2) is 52.7 Å². The largest absolute Gasteiger partial charge is 0.497 e. The number of methoxy groups -OCH3 is 2. The second-order valence-electron chi connectivity index (χ2n) is 6.93. The second-order valence-corrected chi connectivity index (χ2v) is 10.1. The van der Waals surface area contributed by atoms with Gasteiger partial charge in [-0.25, -0.2) is 13.4 Å². The van der Waals surface area contributed by atoms with Crippen molar-refractivity contribution in [1.82, 2.24) is 9.29 Å². The van der Waals surface area contributed by atoms with Gasteiger partial charge in [-0.1, -0.05) is 23.7 Å². The van der Waals surface area contributed by atoms with Gasteiger partial charge in [-0.2, -0.15) is 4.31 Å². The molecule has 0 saturated carbocycles. The van der Waals surface area contributed by atoms with Gasteiger partial charge in [-0.3, -0.25) is 0 Å². The number of nitrogens with zero attached hydrogens (tertiary/aromatic N) is 3. The fraction of sp³-hybridized carbons (Fsp3) is 0.286. The van der Waals surface area contributed by atoms with E-state index < -0.39 is 10.0 Å². The lowest BCUT2D eigenvalue weighted by atomic mass is 10.2. The van der Waals surface area contributed by atoms with Gasteiger partial charge < -0.3 is 14.4 Å². The van der Waals surface area contributed by atoms with Crippen LogP contribution in [0.2, 0.25) is 5.02 Å². The molecule has 0 aliphatic carbocycles. The minimum absolute atomic E-state index is 0.0884. The van der Waals surface area contributed by atoms with E-state index in [2.05, 4.69) is 4.90 Å². The summed E-state index contributed by atoms with van der Waals surface area (Å²) in [6.45, 7) is 1.80. The second kappa shape index (κ2) is 9.04. The third kappa shape index (κ3) is 4.50. The summed E-state index contributed by atoms with van der Waals surface area (Å²) in [4.78, 5) is 6.94. The molecule has 164 valence electrons. The zero-order chi connectivity index (χ0) is 22.0. The number of rotatable bonds is 6. The van der Waals surface area contributed by atoms with Crippen molar-refractivity contribution in [2.24, 2.45) is 0 Å². The molecule has 0 N–H and O–H groups in total. The Kier molecular flexibility index (Phi) is 6.38. The van der Waals surface area contributed by atoms with Gasteiger partial charge in [0.25, 0.3) is 0 Å². The summed E-state index contributed by atoms with van der Waals surface area (Å²) in [5.41, 5.74) is 1.86. The predicted octanol–water partition coefficient (Wildman–Crippen LogP) is 3.99. The van der Waals surface area contributed by atoms with Crippen LogP contribution >= 0.6 is 22.9 Å². The number of halogens is 1. The monoisotopic (exact) mass is 479 g/mol. The van der Waals surface area contributed by atoms with Gasteiger partial charge in [-0.15, -0.1) is 11.3 Å². The first kappa shape index (κ1) is 21.9. The summed E-state index contributed by atoms with van der Waals surface area (Å²) >= 11 is 7.58. The van der Waals surface area contributed by atoms with E-state index in [-0.39, 0.29) is 10.6 Å². The number of piperazine rings is 1. The maximum atomic E-state index is 13.2. The van der Waals surface area contributed by atoms with Crippen molar-refractivity contribution in [3.8, 4) is 22.8 Å². The molecule has 2 heterocycles. The zero-order valence-electron chi connectivity index (χ0n) is 17.1. The van der Waals surface area contributed by atoms with Crippen molar-refractivity contribution < 1.29 is 17.9 Å². The highest BCUT2D eigenvalue weighted by Gasteiger charge is 2.31. The normalized spacial score (nSPS) is 15.1. The molecule has 0 radical (unpaired) electrons. The Labute approximate surface area is 190 Å². The lowest BCUT2D eigenvalue weighted by Crippen LogP contribution is -2.48. The Morgan fingerprint density at radius 1 is 1.03 bits per heavy atom. The maximum Gasteiger partial charge on any atom is 0.246 e. The number of hydrogen-bond acceptors (Lipinski definition) is 7. The van der Waals surface area contributed by atoms with Gasteiger partial charge in [0.2, 0.25) is 10.0 Å². The van der Waals surface area contributed by atoms with E-state index >= 15 is 0 Å². The SMILES string of the molecule is COc1cccc(-c2csc(N3CCN(S(=O)(=O)c4cc(Cl)ccc4OC)CC3)n2)c1. The molecule has 1 aliphatic rings. The van der Waals surface area contributed by atoms with E-state index in [1.54, 1.807) is 30.6 Å². The fourth-order valence-electron chi connectivity index (χ4n) is 3.44. The van der Waals surface area contributed by atoms with Crippen LogP contribution in [0.3, 0.4) is 0 Å². The number of hydrogen-bond donors (Lipinski definition) is 0. The van der Waals surface area contributed by atoms with Crippen LogP contribution in [0.1, 0.15) is 0 Å². The van der Waals surface area contributed by atoms with E-state index in [0.717, 1.165) is 22.1 Å². The van der Waals surface area contributed by atoms with Gasteiger partial charge in [0.1, 0.15) is 16.4 Å². The number of benzene rings is 2. The first-order valence-electron chi connectivity index (χ1n) is 9.61. The Morgan fingerprint density at radius 2 is 1.81 bits per heavy atom. The highest BCUT2D eigenvalue weighted by molar-refractivity contribution is 7.89. The summed E-state index contributed by atoms with van der Waals surface area (Å²) < 4.78 is 38.3. The van der Waals surface area contributed by atoms with Crippen LogP contribution in [-0.2, 0) is 10.0 Å². The molecule has 10 heteroatoms. The summed E-state index contributed by atoms with van der Waals surface area (Å²) in [7, 11) is -0.628. The lowest BCUT2D eigenvalue weighted by Gasteiger charge is -2.34. The Morgan fingerprint density at radius 3 is 2.52 bits per heavy atom. The topological polar surface area (TPSA) is 72.0 Å². The van der Waals surface area contributed by atoms with E-state index in [1.165, 1.54) is 17.5 Å². The zero-order valence-corrected chi connectivity index (χ0v) is 19.5. The highest BCUT2D eigenvalue weighted by atomic mass is 35.5. The summed E-state index contributed by atoms with van der Waals surface area (Å²) in [6.07, 6.45) is 0. The van der Waals surface area contributed by atoms with Crippen molar-refractivity contribution in [3.05, 3.63) is 52.9 Å². The molecule has 0 spiro atoms. The Balaban J connectivity index is 1.48. The van der Waals surface area contributed by atoms with E-state index in [1.807, 2.05) is 29.6 Å². The minimum Gasteiger partial charge on any atom is -0.497 e. The highest BCUT2D eigenvalue weighted by Crippen LogP contribution is 2.32. The number of ether oxygens (including phenoxy) is 2. The van der Waals surface area contributed by atoms with Gasteiger partial charge in [0, 0.05) is 42.1 Å². The van der Waals surface area contributed by atoms with Gasteiger partial charge >= 0.3 is 0 Å². The molecule has 4 rings (SSSR count). The first-order chi connectivity index (χ1) is 14.9. The van der Waals surface area contributed by atoms with Crippen LogP contribution in [0.5, 0.6) is 11.5 Å². The van der Waals surface area contributed by atoms with Crippen LogP contribution in [0, 0.1) is 0 Å². The van der Waals surface area contributed by atoms with Crippen molar-refractivity contribution >= 4 is 38.1 Å². The molecule has 2 aromatic carbocycles. The molecule has 0 bridgehead atoms. The van der Waals surface area contributed by atoms with E-state index in [9.17, 15) is 8.42 Å². The predicted molar refractivity (Wildman–Crippen MR) is 123 cm³/mol. The van der Waals surface area contributed by atoms with Crippen LogP contribution in [-0.4, -0.2) is 58.1 Å². The molecule has 0 atom stereocenters. The van der Waals surface area contributed by atoms with E-state index in [0.29, 0.717) is 31.2 Å². The van der Waals surface area contributed by atoms with Crippen molar-refractivity contribution in [3.63, 3.8) is 0 Å². The first-order valence-corrected chi connectivity index (χ1v) is 12.3. The number of anilines is 1.